The molecule has 1 unspecified atom stereocenters. The summed E-state index contributed by atoms with van der Waals surface area (Å²) in [4.78, 5) is 0. The summed E-state index contributed by atoms with van der Waals surface area (Å²) in [6.45, 7) is 6.67. The maximum absolute atomic E-state index is 12.8. The first-order valence-electron chi connectivity index (χ1n) is 5.51. The molecule has 0 spiro atoms. The van der Waals surface area contributed by atoms with Gasteiger partial charge in [-0.2, -0.15) is 5.10 Å². The van der Waals surface area contributed by atoms with Crippen molar-refractivity contribution < 1.29 is 8.78 Å². The molecule has 0 saturated heterocycles. The lowest BCUT2D eigenvalue weighted by molar-refractivity contribution is 0.0711. The minimum Gasteiger partial charge on any atom is -0.370 e. The fraction of sp³-hybridized carbons (Fsp3) is 0.727. The predicted octanol–water partition coefficient (Wildman–Crippen LogP) is 2.80. The Morgan fingerprint density at radius 3 is 2.75 bits per heavy atom. The monoisotopic (exact) mass is 229 g/mol. The first-order valence-corrected chi connectivity index (χ1v) is 5.51. The van der Waals surface area contributed by atoms with Crippen molar-refractivity contribution in [2.24, 2.45) is 0 Å². The molecule has 0 bridgehead atoms. The minimum atomic E-state index is -2.35. The van der Waals surface area contributed by atoms with Crippen LogP contribution in [0.5, 0.6) is 0 Å². The van der Waals surface area contributed by atoms with Gasteiger partial charge in [0.05, 0.1) is 5.69 Å². The Morgan fingerprint density at radius 1 is 1.50 bits per heavy atom. The highest BCUT2D eigenvalue weighted by molar-refractivity contribution is 5.41. The van der Waals surface area contributed by atoms with E-state index in [1.165, 1.54) is 4.68 Å². The Bertz CT molecular complexity index is 379. The van der Waals surface area contributed by atoms with Crippen LogP contribution < -0.4 is 5.32 Å². The van der Waals surface area contributed by atoms with E-state index in [1.54, 1.807) is 0 Å². The SMILES string of the molecule is CC(C)(C)c1cc2n(n1)C(C(F)F)CCN2. The van der Waals surface area contributed by atoms with Gasteiger partial charge in [0.15, 0.2) is 0 Å². The van der Waals surface area contributed by atoms with Crippen molar-refractivity contribution in [1.82, 2.24) is 9.78 Å². The number of halogens is 2. The van der Waals surface area contributed by atoms with Gasteiger partial charge in [0, 0.05) is 18.0 Å². The van der Waals surface area contributed by atoms with Crippen LogP contribution in [0.25, 0.3) is 0 Å². The van der Waals surface area contributed by atoms with Crippen LogP contribution in [0.3, 0.4) is 0 Å². The molecule has 1 atom stereocenters. The Balaban J connectivity index is 2.38. The van der Waals surface area contributed by atoms with Gasteiger partial charge in [0.2, 0.25) is 0 Å². The van der Waals surface area contributed by atoms with Crippen LogP contribution in [0, 0.1) is 0 Å². The van der Waals surface area contributed by atoms with E-state index >= 15 is 0 Å². The number of nitrogens with zero attached hydrogens (tertiary/aromatic N) is 2. The number of hydrogen-bond donors (Lipinski definition) is 1. The van der Waals surface area contributed by atoms with Crippen LogP contribution in [0.2, 0.25) is 0 Å². The number of hydrogen-bond acceptors (Lipinski definition) is 2. The summed E-state index contributed by atoms with van der Waals surface area (Å²) in [6, 6.07) is 1.08. The zero-order valence-corrected chi connectivity index (χ0v) is 9.80. The Morgan fingerprint density at radius 2 is 2.19 bits per heavy atom. The molecule has 1 N–H and O–H groups in total. The molecule has 0 fully saturated rings. The van der Waals surface area contributed by atoms with Gasteiger partial charge < -0.3 is 5.32 Å². The van der Waals surface area contributed by atoms with E-state index in [2.05, 4.69) is 10.4 Å². The largest absolute Gasteiger partial charge is 0.370 e. The third-order valence-electron chi connectivity index (χ3n) is 2.86. The van der Waals surface area contributed by atoms with E-state index in [0.29, 0.717) is 18.8 Å². The van der Waals surface area contributed by atoms with E-state index in [4.69, 9.17) is 0 Å². The zero-order chi connectivity index (χ0) is 11.9. The second kappa shape index (κ2) is 3.71. The first kappa shape index (κ1) is 11.4. The average Bonchev–Trinajstić information content (AvgIpc) is 2.59. The van der Waals surface area contributed by atoms with Gasteiger partial charge in [0.1, 0.15) is 11.9 Å². The summed E-state index contributed by atoms with van der Waals surface area (Å²) in [6.07, 6.45) is -1.93. The maximum Gasteiger partial charge on any atom is 0.260 e. The maximum atomic E-state index is 12.8. The lowest BCUT2D eigenvalue weighted by Gasteiger charge is -2.24. The standard InChI is InChI=1S/C11H17F2N3/c1-11(2,3)8-6-9-14-5-4-7(10(12)13)16(9)15-8/h6-7,10,14H,4-5H2,1-3H3. The van der Waals surface area contributed by atoms with Crippen molar-refractivity contribution in [1.29, 1.82) is 0 Å². The Labute approximate surface area is 93.8 Å². The van der Waals surface area contributed by atoms with Gasteiger partial charge in [-0.15, -0.1) is 0 Å². The third-order valence-corrected chi connectivity index (χ3v) is 2.86. The highest BCUT2D eigenvalue weighted by atomic mass is 19.3. The zero-order valence-electron chi connectivity index (χ0n) is 9.80. The van der Waals surface area contributed by atoms with E-state index < -0.39 is 12.5 Å². The van der Waals surface area contributed by atoms with Crippen molar-refractivity contribution >= 4 is 5.82 Å². The van der Waals surface area contributed by atoms with Gasteiger partial charge in [0.25, 0.3) is 6.43 Å². The molecular formula is C11H17F2N3. The van der Waals surface area contributed by atoms with E-state index in [0.717, 1.165) is 5.69 Å². The number of fused-ring (bicyclic) bond motifs is 1. The van der Waals surface area contributed by atoms with Crippen LogP contribution in [-0.4, -0.2) is 22.8 Å². The van der Waals surface area contributed by atoms with Crippen molar-refractivity contribution in [2.45, 2.75) is 45.1 Å². The van der Waals surface area contributed by atoms with Crippen molar-refractivity contribution in [2.75, 3.05) is 11.9 Å². The smallest absolute Gasteiger partial charge is 0.260 e. The molecule has 0 radical (unpaired) electrons. The number of rotatable bonds is 1. The van der Waals surface area contributed by atoms with Gasteiger partial charge in [-0.05, 0) is 6.42 Å². The van der Waals surface area contributed by atoms with Crippen molar-refractivity contribution in [3.8, 4) is 0 Å². The van der Waals surface area contributed by atoms with E-state index in [1.807, 2.05) is 26.8 Å². The Hall–Kier alpha value is -1.13. The van der Waals surface area contributed by atoms with Gasteiger partial charge >= 0.3 is 0 Å². The molecule has 0 saturated carbocycles. The van der Waals surface area contributed by atoms with Crippen LogP contribution in [-0.2, 0) is 5.41 Å². The van der Waals surface area contributed by atoms with Crippen LogP contribution in [0.15, 0.2) is 6.07 Å². The lowest BCUT2D eigenvalue weighted by Crippen LogP contribution is -2.28. The second-order valence-corrected chi connectivity index (χ2v) is 5.23. The third kappa shape index (κ3) is 1.90. The Kier molecular flexibility index (Phi) is 2.64. The highest BCUT2D eigenvalue weighted by Gasteiger charge is 2.30. The lowest BCUT2D eigenvalue weighted by atomic mass is 9.92. The predicted molar refractivity (Wildman–Crippen MR) is 59.1 cm³/mol. The molecule has 2 rings (SSSR count). The number of aromatic nitrogens is 2. The summed E-state index contributed by atoms with van der Waals surface area (Å²) in [5.41, 5.74) is 0.737. The van der Waals surface area contributed by atoms with E-state index in [9.17, 15) is 8.78 Å². The normalized spacial score (nSPS) is 20.8. The molecule has 2 heterocycles. The summed E-state index contributed by atoms with van der Waals surface area (Å²) in [5.74, 6) is 0.710. The fourth-order valence-electron chi connectivity index (χ4n) is 1.85. The molecule has 5 heteroatoms. The summed E-state index contributed by atoms with van der Waals surface area (Å²) >= 11 is 0. The second-order valence-electron chi connectivity index (χ2n) is 5.23. The number of nitrogens with one attached hydrogen (secondary N) is 1. The molecule has 0 amide bonds. The van der Waals surface area contributed by atoms with Crippen LogP contribution in [0.1, 0.15) is 38.9 Å². The van der Waals surface area contributed by atoms with Crippen LogP contribution in [0.4, 0.5) is 14.6 Å². The highest BCUT2D eigenvalue weighted by Crippen LogP contribution is 2.32. The molecule has 0 aliphatic carbocycles. The molecule has 1 aliphatic heterocycles. The van der Waals surface area contributed by atoms with Crippen molar-refractivity contribution in [3.05, 3.63) is 11.8 Å². The quantitative estimate of drug-likeness (QED) is 0.802. The molecule has 1 aliphatic rings. The molecule has 0 aromatic carbocycles. The summed E-state index contributed by atoms with van der Waals surface area (Å²) in [5, 5.41) is 7.41. The van der Waals surface area contributed by atoms with Crippen LogP contribution >= 0.6 is 0 Å². The van der Waals surface area contributed by atoms with Gasteiger partial charge in [-0.3, -0.25) is 0 Å². The fourth-order valence-corrected chi connectivity index (χ4v) is 1.85. The molecule has 1 aromatic rings. The van der Waals surface area contributed by atoms with E-state index in [-0.39, 0.29) is 5.41 Å². The van der Waals surface area contributed by atoms with Gasteiger partial charge in [-0.1, -0.05) is 20.8 Å². The average molecular weight is 229 g/mol. The molecule has 16 heavy (non-hydrogen) atoms. The summed E-state index contributed by atoms with van der Waals surface area (Å²) < 4.78 is 27.1. The molecular weight excluding hydrogens is 212 g/mol. The van der Waals surface area contributed by atoms with Crippen molar-refractivity contribution in [3.63, 3.8) is 0 Å². The number of anilines is 1. The van der Waals surface area contributed by atoms with Gasteiger partial charge in [-0.25, -0.2) is 13.5 Å². The molecule has 90 valence electrons. The molecule has 1 aromatic heterocycles. The minimum absolute atomic E-state index is 0.112. The first-order chi connectivity index (χ1) is 7.39. The number of alkyl halides is 2. The topological polar surface area (TPSA) is 29.9 Å². The molecule has 3 nitrogen and oxygen atoms in total. The summed E-state index contributed by atoms with van der Waals surface area (Å²) in [7, 11) is 0.